The molecule has 18 heavy (non-hydrogen) atoms. The molecule has 0 bridgehead atoms. The zero-order valence-corrected chi connectivity index (χ0v) is 10.4. The zero-order valence-electron chi connectivity index (χ0n) is 10.4. The molecule has 1 aliphatic rings. The SMILES string of the molecule is CCCn1cc(C2CCC(C(F)(F)F)CN2)cn1. The van der Waals surface area contributed by atoms with Gasteiger partial charge in [-0.05, 0) is 19.3 Å². The average Bonchev–Trinajstić information content (AvgIpc) is 2.77. The lowest BCUT2D eigenvalue weighted by atomic mass is 9.92. The van der Waals surface area contributed by atoms with Crippen molar-refractivity contribution < 1.29 is 13.2 Å². The van der Waals surface area contributed by atoms with Crippen molar-refractivity contribution in [2.75, 3.05) is 6.54 Å². The van der Waals surface area contributed by atoms with Gasteiger partial charge in [-0.2, -0.15) is 18.3 Å². The third kappa shape index (κ3) is 3.04. The van der Waals surface area contributed by atoms with E-state index in [1.165, 1.54) is 0 Å². The molecule has 0 saturated carbocycles. The second kappa shape index (κ2) is 5.30. The van der Waals surface area contributed by atoms with Crippen LogP contribution in [0.1, 0.15) is 37.8 Å². The van der Waals surface area contributed by atoms with Crippen LogP contribution in [0.25, 0.3) is 0 Å². The summed E-state index contributed by atoms with van der Waals surface area (Å²) in [4.78, 5) is 0. The molecule has 2 rings (SSSR count). The number of alkyl halides is 3. The van der Waals surface area contributed by atoms with E-state index in [0.717, 1.165) is 18.5 Å². The molecule has 0 aliphatic carbocycles. The number of rotatable bonds is 3. The number of halogens is 3. The van der Waals surface area contributed by atoms with Gasteiger partial charge in [0.1, 0.15) is 0 Å². The fraction of sp³-hybridized carbons (Fsp3) is 0.750. The predicted octanol–water partition coefficient (Wildman–Crippen LogP) is 2.90. The zero-order chi connectivity index (χ0) is 13.2. The number of nitrogens with zero attached hydrogens (tertiary/aromatic N) is 2. The van der Waals surface area contributed by atoms with Gasteiger partial charge in [0.25, 0.3) is 0 Å². The van der Waals surface area contributed by atoms with Crippen LogP contribution in [0.3, 0.4) is 0 Å². The third-order valence-electron chi connectivity index (χ3n) is 3.39. The van der Waals surface area contributed by atoms with E-state index >= 15 is 0 Å². The summed E-state index contributed by atoms with van der Waals surface area (Å²) in [5, 5.41) is 7.18. The van der Waals surface area contributed by atoms with E-state index in [0.29, 0.717) is 6.42 Å². The van der Waals surface area contributed by atoms with E-state index in [1.807, 2.05) is 10.9 Å². The highest BCUT2D eigenvalue weighted by Crippen LogP contribution is 2.35. The molecule has 2 atom stereocenters. The molecule has 0 spiro atoms. The molecule has 1 saturated heterocycles. The Morgan fingerprint density at radius 2 is 2.22 bits per heavy atom. The van der Waals surface area contributed by atoms with E-state index in [-0.39, 0.29) is 19.0 Å². The fourth-order valence-corrected chi connectivity index (χ4v) is 2.33. The van der Waals surface area contributed by atoms with E-state index in [2.05, 4.69) is 17.3 Å². The van der Waals surface area contributed by atoms with E-state index < -0.39 is 12.1 Å². The molecule has 1 fully saturated rings. The van der Waals surface area contributed by atoms with Gasteiger partial charge in [-0.1, -0.05) is 6.92 Å². The summed E-state index contributed by atoms with van der Waals surface area (Å²) in [7, 11) is 0. The molecule has 102 valence electrons. The third-order valence-corrected chi connectivity index (χ3v) is 3.39. The second-order valence-corrected chi connectivity index (χ2v) is 4.81. The first kappa shape index (κ1) is 13.4. The van der Waals surface area contributed by atoms with Gasteiger partial charge >= 0.3 is 6.18 Å². The molecule has 3 nitrogen and oxygen atoms in total. The largest absolute Gasteiger partial charge is 0.393 e. The smallest absolute Gasteiger partial charge is 0.309 e. The molecule has 1 aromatic rings. The normalized spacial score (nSPS) is 25.3. The maximum Gasteiger partial charge on any atom is 0.393 e. The molecule has 0 aromatic carbocycles. The Balaban J connectivity index is 1.92. The summed E-state index contributed by atoms with van der Waals surface area (Å²) < 4.78 is 39.4. The molecule has 2 heterocycles. The quantitative estimate of drug-likeness (QED) is 0.906. The minimum atomic E-state index is -4.08. The van der Waals surface area contributed by atoms with Gasteiger partial charge in [0, 0.05) is 30.9 Å². The van der Waals surface area contributed by atoms with Crippen LogP contribution in [0.4, 0.5) is 13.2 Å². The molecule has 1 aromatic heterocycles. The van der Waals surface area contributed by atoms with Gasteiger partial charge in [0.2, 0.25) is 0 Å². The lowest BCUT2D eigenvalue weighted by Gasteiger charge is -2.30. The Hall–Kier alpha value is -1.04. The van der Waals surface area contributed by atoms with E-state index in [1.54, 1.807) is 6.20 Å². The molecule has 0 amide bonds. The van der Waals surface area contributed by atoms with Crippen LogP contribution >= 0.6 is 0 Å². The minimum absolute atomic E-state index is 0.00707. The van der Waals surface area contributed by atoms with Gasteiger partial charge in [0.15, 0.2) is 0 Å². The van der Waals surface area contributed by atoms with Crippen LogP contribution in [0.5, 0.6) is 0 Å². The van der Waals surface area contributed by atoms with Crippen LogP contribution < -0.4 is 5.32 Å². The van der Waals surface area contributed by atoms with Crippen LogP contribution in [0, 0.1) is 5.92 Å². The predicted molar refractivity (Wildman–Crippen MR) is 62.0 cm³/mol. The Morgan fingerprint density at radius 3 is 2.78 bits per heavy atom. The average molecular weight is 261 g/mol. The van der Waals surface area contributed by atoms with Crippen molar-refractivity contribution in [1.29, 1.82) is 0 Å². The summed E-state index contributed by atoms with van der Waals surface area (Å²) in [6.45, 7) is 2.92. The number of hydrogen-bond acceptors (Lipinski definition) is 2. The molecule has 0 radical (unpaired) electrons. The number of nitrogens with one attached hydrogen (secondary N) is 1. The molecule has 6 heteroatoms. The first-order chi connectivity index (χ1) is 8.50. The first-order valence-corrected chi connectivity index (χ1v) is 6.33. The van der Waals surface area contributed by atoms with Crippen LogP contribution in [0.15, 0.2) is 12.4 Å². The van der Waals surface area contributed by atoms with Crippen molar-refractivity contribution in [2.45, 2.75) is 44.9 Å². The van der Waals surface area contributed by atoms with Crippen LogP contribution in [0.2, 0.25) is 0 Å². The van der Waals surface area contributed by atoms with Gasteiger partial charge in [0.05, 0.1) is 12.1 Å². The fourth-order valence-electron chi connectivity index (χ4n) is 2.33. The number of aryl methyl sites for hydroxylation is 1. The number of hydrogen-bond donors (Lipinski definition) is 1. The maximum atomic E-state index is 12.5. The van der Waals surface area contributed by atoms with Crippen molar-refractivity contribution >= 4 is 0 Å². The topological polar surface area (TPSA) is 29.9 Å². The lowest BCUT2D eigenvalue weighted by Crippen LogP contribution is -2.40. The Bertz CT molecular complexity index is 378. The molecule has 2 unspecified atom stereocenters. The lowest BCUT2D eigenvalue weighted by molar-refractivity contribution is -0.179. The number of piperidine rings is 1. The van der Waals surface area contributed by atoms with Crippen molar-refractivity contribution in [2.24, 2.45) is 5.92 Å². The number of aromatic nitrogens is 2. The van der Waals surface area contributed by atoms with Crippen LogP contribution in [-0.4, -0.2) is 22.5 Å². The standard InChI is InChI=1S/C12H18F3N3/c1-2-5-18-8-9(6-17-18)11-4-3-10(7-16-11)12(13,14)15/h6,8,10-11,16H,2-5,7H2,1H3. The van der Waals surface area contributed by atoms with Gasteiger partial charge < -0.3 is 5.32 Å². The Morgan fingerprint density at radius 1 is 1.44 bits per heavy atom. The summed E-state index contributed by atoms with van der Waals surface area (Å²) in [5.41, 5.74) is 0.990. The molecular weight excluding hydrogens is 243 g/mol. The first-order valence-electron chi connectivity index (χ1n) is 6.33. The van der Waals surface area contributed by atoms with E-state index in [4.69, 9.17) is 0 Å². The van der Waals surface area contributed by atoms with Crippen molar-refractivity contribution in [1.82, 2.24) is 15.1 Å². The molecule has 1 N–H and O–H groups in total. The second-order valence-electron chi connectivity index (χ2n) is 4.81. The summed E-state index contributed by atoms with van der Waals surface area (Å²) >= 11 is 0. The van der Waals surface area contributed by atoms with Gasteiger partial charge in [-0.3, -0.25) is 4.68 Å². The van der Waals surface area contributed by atoms with Crippen LogP contribution in [-0.2, 0) is 6.54 Å². The molecule has 1 aliphatic heterocycles. The Labute approximate surface area is 104 Å². The Kier molecular flexibility index (Phi) is 3.94. The summed E-state index contributed by atoms with van der Waals surface area (Å²) in [6, 6.07) is 0.00852. The van der Waals surface area contributed by atoms with Crippen molar-refractivity contribution in [3.05, 3.63) is 18.0 Å². The highest BCUT2D eigenvalue weighted by Gasteiger charge is 2.41. The highest BCUT2D eigenvalue weighted by atomic mass is 19.4. The molecular formula is C12H18F3N3. The van der Waals surface area contributed by atoms with Gasteiger partial charge in [-0.25, -0.2) is 0 Å². The maximum absolute atomic E-state index is 12.5. The summed E-state index contributed by atoms with van der Waals surface area (Å²) in [6.07, 6.45) is 1.30. The highest BCUT2D eigenvalue weighted by molar-refractivity contribution is 5.11. The monoisotopic (exact) mass is 261 g/mol. The summed E-state index contributed by atoms with van der Waals surface area (Å²) in [5.74, 6) is -1.21. The van der Waals surface area contributed by atoms with E-state index in [9.17, 15) is 13.2 Å². The minimum Gasteiger partial charge on any atom is -0.309 e. The van der Waals surface area contributed by atoms with Crippen molar-refractivity contribution in [3.8, 4) is 0 Å². The van der Waals surface area contributed by atoms with Gasteiger partial charge in [-0.15, -0.1) is 0 Å². The van der Waals surface area contributed by atoms with Crippen molar-refractivity contribution in [3.63, 3.8) is 0 Å².